The van der Waals surface area contributed by atoms with E-state index in [0.29, 0.717) is 36.8 Å². The second-order valence-electron chi connectivity index (χ2n) is 11.4. The summed E-state index contributed by atoms with van der Waals surface area (Å²) in [7, 11) is 0. The Hall–Kier alpha value is -4.74. The summed E-state index contributed by atoms with van der Waals surface area (Å²) in [6.07, 6.45) is 0.643. The van der Waals surface area contributed by atoms with Gasteiger partial charge in [0.05, 0.1) is 5.56 Å². The van der Waals surface area contributed by atoms with Crippen molar-refractivity contribution in [3.63, 3.8) is 0 Å². The molecule has 0 radical (unpaired) electrons. The molecule has 9 nitrogen and oxygen atoms in total. The van der Waals surface area contributed by atoms with Gasteiger partial charge in [-0.25, -0.2) is 0 Å². The highest BCUT2D eigenvalue weighted by atomic mass is 19.4. The number of anilines is 1. The summed E-state index contributed by atoms with van der Waals surface area (Å²) >= 11 is 0. The normalized spacial score (nSPS) is 17.0. The molecule has 1 fully saturated rings. The van der Waals surface area contributed by atoms with Crippen LogP contribution in [-0.2, 0) is 25.7 Å². The predicted octanol–water partition coefficient (Wildman–Crippen LogP) is 7.08. The minimum Gasteiger partial charge on any atom is -0.490 e. The molecule has 0 saturated carbocycles. The lowest BCUT2D eigenvalue weighted by molar-refractivity contribution is -0.389. The zero-order valence-corrected chi connectivity index (χ0v) is 24.5. The van der Waals surface area contributed by atoms with E-state index < -0.39 is 16.7 Å². The Morgan fingerprint density at radius 1 is 0.867 bits per heavy atom. The molecule has 0 spiro atoms. The number of alkyl halides is 3. The van der Waals surface area contributed by atoms with Gasteiger partial charge in [0, 0.05) is 36.7 Å². The van der Waals surface area contributed by atoms with Gasteiger partial charge in [-0.15, -0.1) is 0 Å². The second-order valence-corrected chi connectivity index (χ2v) is 11.4. The maximum atomic E-state index is 12.8. The van der Waals surface area contributed by atoms with Crippen molar-refractivity contribution in [2.24, 2.45) is 5.92 Å². The Bertz CT molecular complexity index is 1580. The minimum atomic E-state index is -4.34. The van der Waals surface area contributed by atoms with Crippen LogP contribution in [0.25, 0.3) is 0 Å². The molecule has 0 N–H and O–H groups in total. The van der Waals surface area contributed by atoms with E-state index in [-0.39, 0.29) is 24.5 Å². The van der Waals surface area contributed by atoms with Gasteiger partial charge in [-0.2, -0.15) is 13.2 Å². The Kier molecular flexibility index (Phi) is 8.81. The highest BCUT2D eigenvalue weighted by Gasteiger charge is 2.30. The van der Waals surface area contributed by atoms with Gasteiger partial charge in [0.2, 0.25) is 0 Å². The van der Waals surface area contributed by atoms with Gasteiger partial charge in [0.1, 0.15) is 37.0 Å². The molecule has 4 aromatic rings. The fourth-order valence-corrected chi connectivity index (χ4v) is 5.69. The first-order valence-electron chi connectivity index (χ1n) is 14.9. The number of nitrogens with zero attached hydrogens (tertiary/aromatic N) is 4. The maximum Gasteiger partial charge on any atom is 0.416 e. The van der Waals surface area contributed by atoms with E-state index in [1.54, 1.807) is 4.57 Å². The molecule has 0 aliphatic carbocycles. The van der Waals surface area contributed by atoms with Crippen LogP contribution >= 0.6 is 0 Å². The number of benzene rings is 3. The van der Waals surface area contributed by atoms with Crippen molar-refractivity contribution in [3.8, 4) is 17.5 Å². The van der Waals surface area contributed by atoms with Crippen LogP contribution < -0.4 is 19.1 Å². The summed E-state index contributed by atoms with van der Waals surface area (Å²) in [5.74, 6) is 1.79. The van der Waals surface area contributed by atoms with Crippen LogP contribution in [0.15, 0.2) is 79.0 Å². The summed E-state index contributed by atoms with van der Waals surface area (Å²) in [6.45, 7) is 3.06. The molecule has 236 valence electrons. The van der Waals surface area contributed by atoms with E-state index in [4.69, 9.17) is 14.2 Å². The molecule has 1 saturated heterocycles. The molecule has 2 aliphatic heterocycles. The molecule has 0 bridgehead atoms. The Labute approximate surface area is 258 Å². The summed E-state index contributed by atoms with van der Waals surface area (Å²) in [5.41, 5.74) is 2.40. The van der Waals surface area contributed by atoms with Crippen LogP contribution in [0, 0.1) is 16.0 Å². The smallest absolute Gasteiger partial charge is 0.416 e. The van der Waals surface area contributed by atoms with Gasteiger partial charge < -0.3 is 29.2 Å². The molecule has 0 amide bonds. The number of halogens is 3. The van der Waals surface area contributed by atoms with E-state index in [0.717, 1.165) is 55.9 Å². The molecule has 3 aromatic carbocycles. The molecular weight excluding hydrogens is 589 g/mol. The third-order valence-electron chi connectivity index (χ3n) is 8.27. The molecule has 12 heteroatoms. The predicted molar refractivity (Wildman–Crippen MR) is 161 cm³/mol. The molecule has 1 atom stereocenters. The Morgan fingerprint density at radius 3 is 2.18 bits per heavy atom. The molecule has 1 aromatic heterocycles. The van der Waals surface area contributed by atoms with E-state index in [1.807, 2.05) is 24.3 Å². The molecule has 3 heterocycles. The van der Waals surface area contributed by atoms with E-state index >= 15 is 0 Å². The van der Waals surface area contributed by atoms with Crippen molar-refractivity contribution >= 4 is 11.5 Å². The zero-order chi connectivity index (χ0) is 31.4. The SMILES string of the molecule is O=[N+]([O-])c1cn2c(n1)O[C@H](COc1ccc(N3CCC(Cc4ccc(OCc5ccc(C(F)(F)F)cc5)cc4)CC3)cc1)CC2. The van der Waals surface area contributed by atoms with Gasteiger partial charge in [0.25, 0.3) is 0 Å². The standard InChI is InChI=1S/C33H33F3N4O5/c34-33(35,36)26-5-1-25(2-6-26)21-43-28-9-3-23(4-10-28)19-24-13-16-38(17-14-24)27-7-11-29(12-8-27)44-22-30-15-18-39-20-31(40(41)42)37-32(39)45-30/h1-12,20,24,30H,13-19,21-22H2/t30-/m0/s1. The molecule has 6 rings (SSSR count). The van der Waals surface area contributed by atoms with E-state index in [2.05, 4.69) is 34.1 Å². The second kappa shape index (κ2) is 13.1. The third-order valence-corrected chi connectivity index (χ3v) is 8.27. The van der Waals surface area contributed by atoms with Crippen LogP contribution in [-0.4, -0.2) is 40.3 Å². The van der Waals surface area contributed by atoms with Gasteiger partial charge in [-0.1, -0.05) is 24.3 Å². The lowest BCUT2D eigenvalue weighted by Gasteiger charge is -2.34. The van der Waals surface area contributed by atoms with Gasteiger partial charge in [-0.05, 0) is 89.8 Å². The van der Waals surface area contributed by atoms with Gasteiger partial charge >= 0.3 is 18.0 Å². The Morgan fingerprint density at radius 2 is 1.51 bits per heavy atom. The lowest BCUT2D eigenvalue weighted by Crippen LogP contribution is -2.34. The van der Waals surface area contributed by atoms with Crippen LogP contribution in [0.4, 0.5) is 24.7 Å². The van der Waals surface area contributed by atoms with Crippen molar-refractivity contribution in [3.05, 3.63) is 106 Å². The number of hydrogen-bond donors (Lipinski definition) is 0. The number of rotatable bonds is 10. The summed E-state index contributed by atoms with van der Waals surface area (Å²) in [5, 5.41) is 11.0. The van der Waals surface area contributed by atoms with Crippen LogP contribution in [0.2, 0.25) is 0 Å². The fraction of sp³-hybridized carbons (Fsp3) is 0.364. The van der Waals surface area contributed by atoms with Crippen LogP contribution in [0.3, 0.4) is 0 Å². The summed E-state index contributed by atoms with van der Waals surface area (Å²) < 4.78 is 57.4. The van der Waals surface area contributed by atoms with Crippen LogP contribution in [0.5, 0.6) is 17.5 Å². The van der Waals surface area contributed by atoms with Crippen molar-refractivity contribution < 1.29 is 32.3 Å². The first kappa shape index (κ1) is 30.3. The Balaban J connectivity index is 0.914. The molecule has 45 heavy (non-hydrogen) atoms. The zero-order valence-electron chi connectivity index (χ0n) is 24.5. The summed E-state index contributed by atoms with van der Waals surface area (Å²) in [6, 6.07) is 21.3. The van der Waals surface area contributed by atoms with Crippen molar-refractivity contribution in [1.29, 1.82) is 0 Å². The first-order chi connectivity index (χ1) is 21.7. The number of nitro groups is 1. The summed E-state index contributed by atoms with van der Waals surface area (Å²) in [4.78, 5) is 16.7. The molecule has 0 unspecified atom stereocenters. The highest BCUT2D eigenvalue weighted by molar-refractivity contribution is 5.49. The van der Waals surface area contributed by atoms with Crippen molar-refractivity contribution in [2.75, 3.05) is 24.6 Å². The lowest BCUT2D eigenvalue weighted by atomic mass is 9.90. The van der Waals surface area contributed by atoms with Crippen molar-refractivity contribution in [1.82, 2.24) is 9.55 Å². The average Bonchev–Trinajstić information content (AvgIpc) is 3.48. The van der Waals surface area contributed by atoms with E-state index in [9.17, 15) is 23.3 Å². The molecular formula is C33H33F3N4O5. The number of aromatic nitrogens is 2. The number of piperidine rings is 1. The van der Waals surface area contributed by atoms with E-state index in [1.165, 1.54) is 23.9 Å². The topological polar surface area (TPSA) is 91.9 Å². The van der Waals surface area contributed by atoms with Crippen LogP contribution in [0.1, 0.15) is 36.0 Å². The minimum absolute atomic E-state index is 0.208. The number of fused-ring (bicyclic) bond motifs is 1. The number of aryl methyl sites for hydroxylation is 1. The number of ether oxygens (including phenoxy) is 3. The molecule has 2 aliphatic rings. The van der Waals surface area contributed by atoms with Crippen molar-refractivity contribution in [2.45, 2.75) is 51.1 Å². The largest absolute Gasteiger partial charge is 0.490 e. The maximum absolute atomic E-state index is 12.8. The van der Waals surface area contributed by atoms with Gasteiger partial charge in [0.15, 0.2) is 0 Å². The van der Waals surface area contributed by atoms with Gasteiger partial charge in [-0.3, -0.25) is 4.57 Å². The number of hydrogen-bond acceptors (Lipinski definition) is 7. The number of imidazole rings is 1. The monoisotopic (exact) mass is 622 g/mol. The third kappa shape index (κ3) is 7.68. The first-order valence-corrected chi connectivity index (χ1v) is 14.9. The fourth-order valence-electron chi connectivity index (χ4n) is 5.69. The average molecular weight is 623 g/mol. The highest BCUT2D eigenvalue weighted by Crippen LogP contribution is 2.30. The quantitative estimate of drug-likeness (QED) is 0.138.